The van der Waals surface area contributed by atoms with Gasteiger partial charge >= 0.3 is 0 Å². The van der Waals surface area contributed by atoms with Crippen LogP contribution in [-0.4, -0.2) is 20.4 Å². The Bertz CT molecular complexity index is 351. The normalized spacial score (nSPS) is 21.9. The lowest BCUT2D eigenvalue weighted by molar-refractivity contribution is -0.120. The van der Waals surface area contributed by atoms with Crippen molar-refractivity contribution in [2.45, 2.75) is 48.6 Å². The lowest BCUT2D eigenvalue weighted by Gasteiger charge is -2.18. The fourth-order valence-corrected chi connectivity index (χ4v) is 3.85. The van der Waals surface area contributed by atoms with Gasteiger partial charge in [-0.25, -0.2) is 4.98 Å². The first-order valence-corrected chi connectivity index (χ1v) is 6.94. The Balaban J connectivity index is 1.93. The van der Waals surface area contributed by atoms with E-state index in [2.05, 4.69) is 16.3 Å². The highest BCUT2D eigenvalue weighted by molar-refractivity contribution is 8.01. The summed E-state index contributed by atoms with van der Waals surface area (Å²) in [6, 6.07) is 0. The Hall–Kier alpha value is -0.420. The largest absolute Gasteiger partial charge is 0.300 e. The van der Waals surface area contributed by atoms with Crippen molar-refractivity contribution in [1.29, 1.82) is 0 Å². The van der Waals surface area contributed by atoms with Gasteiger partial charge in [-0.3, -0.25) is 4.79 Å². The highest BCUT2D eigenvalue weighted by Crippen LogP contribution is 2.33. The summed E-state index contributed by atoms with van der Waals surface area (Å²) in [5.41, 5.74) is 0. The highest BCUT2D eigenvalue weighted by atomic mass is 32.2. The number of hydrogen-bond acceptors (Lipinski definition) is 5. The van der Waals surface area contributed by atoms with Gasteiger partial charge in [0, 0.05) is 24.5 Å². The van der Waals surface area contributed by atoms with Crippen LogP contribution < -0.4 is 0 Å². The van der Waals surface area contributed by atoms with Crippen molar-refractivity contribution in [3.63, 3.8) is 0 Å². The first-order valence-electron chi connectivity index (χ1n) is 5.29. The third-order valence-electron chi connectivity index (χ3n) is 2.47. The second-order valence-electron chi connectivity index (χ2n) is 3.70. The number of thioether (sulfide) groups is 1. The average Bonchev–Trinajstić information content (AvgIpc) is 2.65. The zero-order chi connectivity index (χ0) is 10.7. The van der Waals surface area contributed by atoms with Gasteiger partial charge in [-0.1, -0.05) is 18.7 Å². The molecule has 15 heavy (non-hydrogen) atoms. The fourth-order valence-electron chi connectivity index (χ4n) is 1.66. The number of hydrogen-bond donors (Lipinski definition) is 0. The number of aromatic nitrogens is 2. The van der Waals surface area contributed by atoms with Crippen molar-refractivity contribution in [3.05, 3.63) is 5.82 Å². The maximum absolute atomic E-state index is 11.3. The van der Waals surface area contributed by atoms with E-state index in [4.69, 9.17) is 0 Å². The molecule has 1 aromatic heterocycles. The minimum absolute atomic E-state index is 0.402. The number of rotatable bonds is 3. The van der Waals surface area contributed by atoms with Gasteiger partial charge in [0.1, 0.15) is 11.6 Å². The van der Waals surface area contributed by atoms with Gasteiger partial charge in [0.15, 0.2) is 4.34 Å². The van der Waals surface area contributed by atoms with Crippen molar-refractivity contribution >= 4 is 29.1 Å². The van der Waals surface area contributed by atoms with E-state index >= 15 is 0 Å². The zero-order valence-electron chi connectivity index (χ0n) is 8.73. The lowest BCUT2D eigenvalue weighted by Crippen LogP contribution is -2.16. The summed E-state index contributed by atoms with van der Waals surface area (Å²) in [7, 11) is 0. The number of carbonyl (C=O) groups excluding carboxylic acids is 1. The molecule has 1 aliphatic carbocycles. The summed E-state index contributed by atoms with van der Waals surface area (Å²) in [5, 5.41) is 0.434. The maximum Gasteiger partial charge on any atom is 0.170 e. The molecule has 0 bridgehead atoms. The Morgan fingerprint density at radius 3 is 3.13 bits per heavy atom. The third-order valence-corrected chi connectivity index (χ3v) is 4.56. The molecule has 2 rings (SSSR count). The molecule has 3 nitrogen and oxygen atoms in total. The molecule has 1 fully saturated rings. The molecule has 5 heteroatoms. The Morgan fingerprint density at radius 1 is 1.60 bits per heavy atom. The molecule has 0 saturated heterocycles. The van der Waals surface area contributed by atoms with Crippen LogP contribution in [0.4, 0.5) is 0 Å². The van der Waals surface area contributed by atoms with Crippen LogP contribution in [0.1, 0.15) is 38.4 Å². The molecule has 0 amide bonds. The van der Waals surface area contributed by atoms with Crippen LogP contribution >= 0.6 is 23.3 Å². The van der Waals surface area contributed by atoms with Crippen LogP contribution in [0.2, 0.25) is 0 Å². The Morgan fingerprint density at radius 2 is 2.47 bits per heavy atom. The van der Waals surface area contributed by atoms with E-state index in [0.717, 1.165) is 35.8 Å². The van der Waals surface area contributed by atoms with Crippen molar-refractivity contribution < 1.29 is 4.79 Å². The lowest BCUT2D eigenvalue weighted by atomic mass is 9.99. The monoisotopic (exact) mass is 242 g/mol. The fraction of sp³-hybridized carbons (Fsp3) is 0.700. The first kappa shape index (κ1) is 11.1. The Labute approximate surface area is 97.9 Å². The summed E-state index contributed by atoms with van der Waals surface area (Å²) in [4.78, 5) is 15.7. The van der Waals surface area contributed by atoms with Crippen LogP contribution in [0.15, 0.2) is 4.34 Å². The smallest absolute Gasteiger partial charge is 0.170 e. The molecule has 0 N–H and O–H groups in total. The molecule has 1 aromatic rings. The van der Waals surface area contributed by atoms with E-state index in [1.54, 1.807) is 11.8 Å². The van der Waals surface area contributed by atoms with Crippen molar-refractivity contribution in [1.82, 2.24) is 9.36 Å². The molecular formula is C10H14N2OS2. The summed E-state index contributed by atoms with van der Waals surface area (Å²) in [6.07, 6.45) is 4.55. The second-order valence-corrected chi connectivity index (χ2v) is 6.00. The molecule has 0 aliphatic heterocycles. The molecule has 82 valence electrons. The number of nitrogens with zero attached hydrogens (tertiary/aromatic N) is 2. The minimum atomic E-state index is 0.402. The van der Waals surface area contributed by atoms with Gasteiger partial charge in [0.2, 0.25) is 0 Å². The summed E-state index contributed by atoms with van der Waals surface area (Å²) < 4.78 is 5.26. The predicted octanol–water partition coefficient (Wildman–Crippen LogP) is 2.70. The van der Waals surface area contributed by atoms with Crippen LogP contribution in [0.5, 0.6) is 0 Å². The van der Waals surface area contributed by atoms with Crippen LogP contribution in [0.25, 0.3) is 0 Å². The van der Waals surface area contributed by atoms with E-state index in [1.807, 2.05) is 0 Å². The first-order chi connectivity index (χ1) is 7.28. The third kappa shape index (κ3) is 3.01. The molecule has 0 spiro atoms. The quantitative estimate of drug-likeness (QED) is 0.817. The Kier molecular flexibility index (Phi) is 3.75. The van der Waals surface area contributed by atoms with Crippen LogP contribution in [-0.2, 0) is 11.2 Å². The maximum atomic E-state index is 11.3. The number of Topliss-reactive ketones (excluding diaryl/α,β-unsaturated/α-hetero) is 1. The van der Waals surface area contributed by atoms with Crippen molar-refractivity contribution in [2.24, 2.45) is 0 Å². The van der Waals surface area contributed by atoms with Crippen LogP contribution in [0.3, 0.4) is 0 Å². The molecule has 1 aliphatic rings. The molecular weight excluding hydrogens is 228 g/mol. The molecule has 0 radical (unpaired) electrons. The zero-order valence-corrected chi connectivity index (χ0v) is 10.4. The van der Waals surface area contributed by atoms with Gasteiger partial charge < -0.3 is 0 Å². The number of ketones is 1. The van der Waals surface area contributed by atoms with Gasteiger partial charge in [0.25, 0.3) is 0 Å². The van der Waals surface area contributed by atoms with Crippen molar-refractivity contribution in [2.75, 3.05) is 0 Å². The average molecular weight is 242 g/mol. The van der Waals surface area contributed by atoms with Gasteiger partial charge in [0.05, 0.1) is 0 Å². The van der Waals surface area contributed by atoms with Gasteiger partial charge in [-0.2, -0.15) is 4.37 Å². The van der Waals surface area contributed by atoms with E-state index < -0.39 is 0 Å². The summed E-state index contributed by atoms with van der Waals surface area (Å²) in [5.74, 6) is 1.32. The van der Waals surface area contributed by atoms with E-state index in [-0.39, 0.29) is 0 Å². The topological polar surface area (TPSA) is 42.9 Å². The molecule has 0 aromatic carbocycles. The summed E-state index contributed by atoms with van der Waals surface area (Å²) >= 11 is 3.19. The molecule has 1 heterocycles. The molecule has 1 atom stereocenters. The number of carbonyl (C=O) groups is 1. The van der Waals surface area contributed by atoms with E-state index in [0.29, 0.717) is 17.5 Å². The molecule has 1 unspecified atom stereocenters. The van der Waals surface area contributed by atoms with E-state index in [1.165, 1.54) is 11.5 Å². The van der Waals surface area contributed by atoms with Gasteiger partial charge in [-0.15, -0.1) is 0 Å². The van der Waals surface area contributed by atoms with Crippen molar-refractivity contribution in [3.8, 4) is 0 Å². The predicted molar refractivity (Wildman–Crippen MR) is 62.4 cm³/mol. The minimum Gasteiger partial charge on any atom is -0.300 e. The SMILES string of the molecule is CCc1nsc(SC2CCCC(=O)C2)n1. The molecule has 1 saturated carbocycles. The van der Waals surface area contributed by atoms with E-state index in [9.17, 15) is 4.79 Å². The second kappa shape index (κ2) is 5.07. The summed E-state index contributed by atoms with van der Waals surface area (Å²) in [6.45, 7) is 2.06. The van der Waals surface area contributed by atoms with Gasteiger partial charge in [-0.05, 0) is 24.4 Å². The highest BCUT2D eigenvalue weighted by Gasteiger charge is 2.21. The standard InChI is InChI=1S/C10H14N2OS2/c1-2-9-11-10(15-12-9)14-8-5-3-4-7(13)6-8/h8H,2-6H2,1H3. The number of aryl methyl sites for hydroxylation is 1. The van der Waals surface area contributed by atoms with Crippen LogP contribution in [0, 0.1) is 0 Å².